The molecule has 2 amide bonds. The molecule has 2 aliphatic heterocycles. The number of nitrogens with one attached hydrogen (secondary N) is 1. The third kappa shape index (κ3) is 5.84. The topological polar surface area (TPSA) is 61.9 Å². The van der Waals surface area contributed by atoms with Gasteiger partial charge in [-0.2, -0.15) is 0 Å². The first kappa shape index (κ1) is 24.4. The summed E-state index contributed by atoms with van der Waals surface area (Å²) in [4.78, 5) is 28.3. The molecule has 2 aromatic carbocycles. The monoisotopic (exact) mass is 485 g/mol. The molecule has 2 atom stereocenters. The van der Waals surface area contributed by atoms with E-state index in [1.807, 2.05) is 31.2 Å². The highest BCUT2D eigenvalue weighted by Gasteiger charge is 2.29. The second-order valence-electron chi connectivity index (χ2n) is 8.65. The first-order chi connectivity index (χ1) is 16.4. The summed E-state index contributed by atoms with van der Waals surface area (Å²) in [5.74, 6) is -0.530. The van der Waals surface area contributed by atoms with E-state index in [-0.39, 0.29) is 24.5 Å². The minimum atomic E-state index is -0.408. The number of rotatable bonds is 7. The van der Waals surface area contributed by atoms with E-state index in [1.54, 1.807) is 23.1 Å². The third-order valence-electron chi connectivity index (χ3n) is 6.22. The molecule has 180 valence electrons. The SMILES string of the molecule is CC1CN(C(CNC(=O)/C=C/c2ccc(N3CCCC3=O)cc2)c2c(F)cccc2Cl)CCO1. The fraction of sp³-hybridized carbons (Fsp3) is 0.385. The van der Waals surface area contributed by atoms with Crippen molar-refractivity contribution in [1.82, 2.24) is 10.2 Å². The number of hydrogen-bond donors (Lipinski definition) is 1. The molecule has 8 heteroatoms. The Morgan fingerprint density at radius 2 is 2.06 bits per heavy atom. The second kappa shape index (κ2) is 11.1. The molecule has 4 rings (SSSR count). The fourth-order valence-electron chi connectivity index (χ4n) is 4.49. The predicted molar refractivity (Wildman–Crippen MR) is 131 cm³/mol. The van der Waals surface area contributed by atoms with Gasteiger partial charge in [0.25, 0.3) is 0 Å². The number of hydrogen-bond acceptors (Lipinski definition) is 4. The van der Waals surface area contributed by atoms with Crippen LogP contribution in [0.4, 0.5) is 10.1 Å². The van der Waals surface area contributed by atoms with Crippen molar-refractivity contribution >= 4 is 35.2 Å². The molecule has 0 aromatic heterocycles. The van der Waals surface area contributed by atoms with Crippen molar-refractivity contribution in [2.45, 2.75) is 31.9 Å². The smallest absolute Gasteiger partial charge is 0.244 e. The maximum atomic E-state index is 14.7. The van der Waals surface area contributed by atoms with Crippen molar-refractivity contribution in [2.24, 2.45) is 0 Å². The molecule has 2 heterocycles. The van der Waals surface area contributed by atoms with Crippen LogP contribution in [0.2, 0.25) is 5.02 Å². The summed E-state index contributed by atoms with van der Waals surface area (Å²) in [5.41, 5.74) is 2.10. The summed E-state index contributed by atoms with van der Waals surface area (Å²) in [7, 11) is 0. The van der Waals surface area contributed by atoms with Gasteiger partial charge in [-0.05, 0) is 49.2 Å². The number of morpholine rings is 1. The highest BCUT2D eigenvalue weighted by atomic mass is 35.5. The van der Waals surface area contributed by atoms with E-state index in [1.165, 1.54) is 12.1 Å². The van der Waals surface area contributed by atoms with E-state index in [4.69, 9.17) is 16.3 Å². The minimum absolute atomic E-state index is 0.0104. The minimum Gasteiger partial charge on any atom is -0.376 e. The quantitative estimate of drug-likeness (QED) is 0.597. The normalized spacial score (nSPS) is 20.1. The van der Waals surface area contributed by atoms with Gasteiger partial charge in [0.2, 0.25) is 11.8 Å². The molecule has 0 bridgehead atoms. The lowest BCUT2D eigenvalue weighted by Gasteiger charge is -2.38. The van der Waals surface area contributed by atoms with Gasteiger partial charge in [0.1, 0.15) is 5.82 Å². The summed E-state index contributed by atoms with van der Waals surface area (Å²) in [5, 5.41) is 3.23. The van der Waals surface area contributed by atoms with Gasteiger partial charge in [-0.3, -0.25) is 14.5 Å². The molecule has 2 aliphatic rings. The molecule has 1 N–H and O–H groups in total. The summed E-state index contributed by atoms with van der Waals surface area (Å²) in [6, 6.07) is 11.7. The predicted octanol–water partition coefficient (Wildman–Crippen LogP) is 4.20. The number of amides is 2. The van der Waals surface area contributed by atoms with Gasteiger partial charge >= 0.3 is 0 Å². The Bertz CT molecular complexity index is 1040. The summed E-state index contributed by atoms with van der Waals surface area (Å²) in [6.07, 6.45) is 4.65. The molecular weight excluding hydrogens is 457 g/mol. The maximum Gasteiger partial charge on any atom is 0.244 e. The van der Waals surface area contributed by atoms with Crippen molar-refractivity contribution in [3.05, 3.63) is 70.5 Å². The molecule has 2 fully saturated rings. The van der Waals surface area contributed by atoms with Crippen LogP contribution < -0.4 is 10.2 Å². The number of benzene rings is 2. The first-order valence-electron chi connectivity index (χ1n) is 11.6. The molecule has 0 aliphatic carbocycles. The van der Waals surface area contributed by atoms with Crippen LogP contribution in [0.5, 0.6) is 0 Å². The number of nitrogens with zero attached hydrogens (tertiary/aromatic N) is 2. The summed E-state index contributed by atoms with van der Waals surface area (Å²) >= 11 is 6.36. The van der Waals surface area contributed by atoms with Gasteiger partial charge in [0.15, 0.2) is 0 Å². The highest BCUT2D eigenvalue weighted by Crippen LogP contribution is 2.31. The Morgan fingerprint density at radius 1 is 1.26 bits per heavy atom. The van der Waals surface area contributed by atoms with Crippen molar-refractivity contribution in [3.63, 3.8) is 0 Å². The van der Waals surface area contributed by atoms with Gasteiger partial charge in [-0.25, -0.2) is 4.39 Å². The number of halogens is 2. The zero-order valence-electron chi connectivity index (χ0n) is 19.2. The second-order valence-corrected chi connectivity index (χ2v) is 9.05. The number of ether oxygens (including phenoxy) is 1. The van der Waals surface area contributed by atoms with Gasteiger partial charge in [0.05, 0.1) is 18.8 Å². The average molecular weight is 486 g/mol. The van der Waals surface area contributed by atoms with E-state index in [2.05, 4.69) is 10.2 Å². The van der Waals surface area contributed by atoms with E-state index in [9.17, 15) is 14.0 Å². The van der Waals surface area contributed by atoms with E-state index < -0.39 is 11.9 Å². The van der Waals surface area contributed by atoms with Crippen molar-refractivity contribution in [3.8, 4) is 0 Å². The molecule has 34 heavy (non-hydrogen) atoms. The Morgan fingerprint density at radius 3 is 2.74 bits per heavy atom. The van der Waals surface area contributed by atoms with Crippen LogP contribution in [-0.2, 0) is 14.3 Å². The van der Waals surface area contributed by atoms with Gasteiger partial charge in [0, 0.05) is 54.9 Å². The highest BCUT2D eigenvalue weighted by molar-refractivity contribution is 6.31. The average Bonchev–Trinajstić information content (AvgIpc) is 3.25. The number of carbonyl (C=O) groups is 2. The molecule has 6 nitrogen and oxygen atoms in total. The summed E-state index contributed by atoms with van der Waals surface area (Å²) < 4.78 is 20.3. The van der Waals surface area contributed by atoms with E-state index in [0.717, 1.165) is 24.2 Å². The van der Waals surface area contributed by atoms with Crippen molar-refractivity contribution < 1.29 is 18.7 Å². The van der Waals surface area contributed by atoms with Gasteiger partial charge in [-0.1, -0.05) is 29.8 Å². The third-order valence-corrected chi connectivity index (χ3v) is 6.55. The Labute approximate surface area is 204 Å². The Hall–Kier alpha value is -2.74. The van der Waals surface area contributed by atoms with E-state index >= 15 is 0 Å². The van der Waals surface area contributed by atoms with Gasteiger partial charge < -0.3 is 15.0 Å². The largest absolute Gasteiger partial charge is 0.376 e. The van der Waals surface area contributed by atoms with Crippen LogP contribution in [0.3, 0.4) is 0 Å². The number of carbonyl (C=O) groups excluding carboxylic acids is 2. The van der Waals surface area contributed by atoms with Crippen LogP contribution in [0.25, 0.3) is 6.08 Å². The van der Waals surface area contributed by atoms with E-state index in [0.29, 0.717) is 36.7 Å². The lowest BCUT2D eigenvalue weighted by atomic mass is 10.0. The lowest BCUT2D eigenvalue weighted by molar-refractivity contribution is -0.117. The molecule has 0 spiro atoms. The van der Waals surface area contributed by atoms with Crippen molar-refractivity contribution in [2.75, 3.05) is 37.7 Å². The van der Waals surface area contributed by atoms with Crippen LogP contribution >= 0.6 is 11.6 Å². The van der Waals surface area contributed by atoms with Crippen LogP contribution in [0.1, 0.15) is 36.9 Å². The molecule has 0 radical (unpaired) electrons. The molecule has 2 saturated heterocycles. The van der Waals surface area contributed by atoms with Crippen LogP contribution in [-0.4, -0.2) is 55.6 Å². The zero-order chi connectivity index (χ0) is 24.1. The molecule has 2 unspecified atom stereocenters. The zero-order valence-corrected chi connectivity index (χ0v) is 19.9. The standard InChI is InChI=1S/C26H29ClFN3O3/c1-18-17-30(14-15-34-18)23(26-21(27)4-2-5-22(26)28)16-29-24(32)12-9-19-7-10-20(11-8-19)31-13-3-6-25(31)33/h2,4-5,7-12,18,23H,3,6,13-17H2,1H3,(H,29,32)/b12-9+. The van der Waals surface area contributed by atoms with Crippen LogP contribution in [0, 0.1) is 5.82 Å². The fourth-order valence-corrected chi connectivity index (χ4v) is 4.77. The molecular formula is C26H29ClFN3O3. The summed E-state index contributed by atoms with van der Waals surface area (Å²) in [6.45, 7) is 4.71. The van der Waals surface area contributed by atoms with Crippen molar-refractivity contribution in [1.29, 1.82) is 0 Å². The molecule has 2 aromatic rings. The Balaban J connectivity index is 1.41. The maximum absolute atomic E-state index is 14.7. The first-order valence-corrected chi connectivity index (χ1v) is 12.0. The Kier molecular flexibility index (Phi) is 7.98. The van der Waals surface area contributed by atoms with Gasteiger partial charge in [-0.15, -0.1) is 0 Å². The number of anilines is 1. The lowest BCUT2D eigenvalue weighted by Crippen LogP contribution is -2.46. The van der Waals surface area contributed by atoms with Crippen LogP contribution in [0.15, 0.2) is 48.5 Å². The molecule has 0 saturated carbocycles.